The standard InChI is InChI=1S/C17H19N5O8S/c1-3-30-21-10(9-5-29-17(18)19-9)13(24)20-11-14(25)22-12(16(26)27)8(4-28-7(2)23)6-31-15(11)22/h5,11,15H,3-4,6H2,1-2H3,(H2,18,19)(H,20,24)(H,26,27)/b21-10-/t11-,15-/m1/s1. The molecule has 1 aromatic rings. The summed E-state index contributed by atoms with van der Waals surface area (Å²) in [7, 11) is 0. The number of hydrogen-bond acceptors (Lipinski definition) is 11. The molecule has 31 heavy (non-hydrogen) atoms. The van der Waals surface area contributed by atoms with Gasteiger partial charge < -0.3 is 30.1 Å². The van der Waals surface area contributed by atoms with E-state index in [2.05, 4.69) is 15.5 Å². The van der Waals surface area contributed by atoms with Crippen molar-refractivity contribution in [2.24, 2.45) is 5.16 Å². The number of carboxylic acids is 1. The van der Waals surface area contributed by atoms with Gasteiger partial charge in [-0.05, 0) is 6.92 Å². The highest BCUT2D eigenvalue weighted by atomic mass is 32.2. The molecule has 13 nitrogen and oxygen atoms in total. The fourth-order valence-electron chi connectivity index (χ4n) is 2.92. The number of nitrogen functional groups attached to an aromatic ring is 1. The number of rotatable bonds is 8. The van der Waals surface area contributed by atoms with Crippen molar-refractivity contribution < 1.29 is 38.3 Å². The van der Waals surface area contributed by atoms with E-state index in [1.165, 1.54) is 18.7 Å². The molecule has 0 unspecified atom stereocenters. The summed E-state index contributed by atoms with van der Waals surface area (Å²) in [5.41, 5.74) is 5.23. The SMILES string of the molecule is CCO/N=C(\C(=O)N[C@@H]1C(=O)N2C(C(=O)O)=C(COC(C)=O)CS[C@H]12)c1coc(N)n1. The van der Waals surface area contributed by atoms with Crippen molar-refractivity contribution >= 4 is 47.2 Å². The largest absolute Gasteiger partial charge is 0.477 e. The lowest BCUT2D eigenvalue weighted by Crippen LogP contribution is -2.71. The summed E-state index contributed by atoms with van der Waals surface area (Å²) in [6.45, 7) is 2.80. The zero-order valence-corrected chi connectivity index (χ0v) is 17.3. The van der Waals surface area contributed by atoms with Gasteiger partial charge in [0.05, 0.1) is 0 Å². The maximum absolute atomic E-state index is 12.7. The number of esters is 1. The van der Waals surface area contributed by atoms with E-state index < -0.39 is 35.2 Å². The molecular formula is C17H19N5O8S. The van der Waals surface area contributed by atoms with E-state index in [0.717, 1.165) is 11.2 Å². The molecule has 14 heteroatoms. The van der Waals surface area contributed by atoms with Crippen LogP contribution in [0.15, 0.2) is 27.1 Å². The number of oxime groups is 1. The molecule has 2 aliphatic rings. The summed E-state index contributed by atoms with van der Waals surface area (Å²) in [5.74, 6) is -3.10. The van der Waals surface area contributed by atoms with Crippen molar-refractivity contribution in [3.8, 4) is 0 Å². The van der Waals surface area contributed by atoms with Crippen LogP contribution in [0, 0.1) is 0 Å². The Kier molecular flexibility index (Phi) is 6.48. The molecule has 3 rings (SSSR count). The quantitative estimate of drug-likeness (QED) is 0.195. The molecule has 2 atom stereocenters. The minimum Gasteiger partial charge on any atom is -0.477 e. The third-order valence-electron chi connectivity index (χ3n) is 4.25. The van der Waals surface area contributed by atoms with Crippen LogP contribution in [-0.4, -0.2) is 74.8 Å². The zero-order chi connectivity index (χ0) is 22.7. The number of thioether (sulfide) groups is 1. The lowest BCUT2D eigenvalue weighted by atomic mass is 10.0. The molecule has 3 heterocycles. The van der Waals surface area contributed by atoms with Gasteiger partial charge in [-0.3, -0.25) is 19.3 Å². The number of aromatic nitrogens is 1. The monoisotopic (exact) mass is 453 g/mol. The Balaban J connectivity index is 1.78. The van der Waals surface area contributed by atoms with Gasteiger partial charge in [-0.25, -0.2) is 4.79 Å². The highest BCUT2D eigenvalue weighted by Crippen LogP contribution is 2.40. The second-order valence-corrected chi connectivity index (χ2v) is 7.43. The van der Waals surface area contributed by atoms with Crippen molar-refractivity contribution in [1.82, 2.24) is 15.2 Å². The fraction of sp³-hybridized carbons (Fsp3) is 0.412. The Labute approximate surface area is 179 Å². The van der Waals surface area contributed by atoms with Gasteiger partial charge in [0.1, 0.15) is 42.3 Å². The molecule has 166 valence electrons. The molecule has 0 spiro atoms. The summed E-state index contributed by atoms with van der Waals surface area (Å²) >= 11 is 1.23. The number of aliphatic carboxylic acids is 1. The summed E-state index contributed by atoms with van der Waals surface area (Å²) in [6.07, 6.45) is 1.11. The smallest absolute Gasteiger partial charge is 0.352 e. The van der Waals surface area contributed by atoms with E-state index in [0.29, 0.717) is 5.57 Å². The number of nitrogens with one attached hydrogen (secondary N) is 1. The van der Waals surface area contributed by atoms with Gasteiger partial charge in [0.25, 0.3) is 17.8 Å². The maximum Gasteiger partial charge on any atom is 0.352 e. The molecule has 0 aromatic carbocycles. The van der Waals surface area contributed by atoms with Crippen LogP contribution in [0.25, 0.3) is 0 Å². The number of amides is 2. The number of β-lactam (4-membered cyclic amide) rings is 1. The Morgan fingerprint density at radius 3 is 2.81 bits per heavy atom. The number of carbonyl (C=O) groups excluding carboxylic acids is 3. The molecule has 0 radical (unpaired) electrons. The minimum absolute atomic E-state index is 0.0122. The van der Waals surface area contributed by atoms with Crippen molar-refractivity contribution in [2.75, 3.05) is 24.7 Å². The van der Waals surface area contributed by atoms with Crippen molar-refractivity contribution in [2.45, 2.75) is 25.3 Å². The molecule has 0 saturated carbocycles. The molecule has 2 amide bonds. The number of hydrogen-bond donors (Lipinski definition) is 3. The van der Waals surface area contributed by atoms with E-state index >= 15 is 0 Å². The first-order chi connectivity index (χ1) is 14.7. The summed E-state index contributed by atoms with van der Waals surface area (Å²) in [4.78, 5) is 58.0. The summed E-state index contributed by atoms with van der Waals surface area (Å²) in [5, 5.41) is 15.1. The average Bonchev–Trinajstić information content (AvgIpc) is 3.15. The highest BCUT2D eigenvalue weighted by Gasteiger charge is 2.54. The molecule has 1 saturated heterocycles. The first-order valence-electron chi connectivity index (χ1n) is 9.00. The van der Waals surface area contributed by atoms with Gasteiger partial charge >= 0.3 is 11.9 Å². The molecule has 2 aliphatic heterocycles. The van der Waals surface area contributed by atoms with Crippen molar-refractivity contribution in [3.05, 3.63) is 23.2 Å². The van der Waals surface area contributed by atoms with E-state index in [1.807, 2.05) is 0 Å². The molecule has 0 aliphatic carbocycles. The predicted octanol–water partition coefficient (Wildman–Crippen LogP) is -0.701. The van der Waals surface area contributed by atoms with E-state index in [-0.39, 0.29) is 42.1 Å². The topological polar surface area (TPSA) is 187 Å². The molecule has 0 bridgehead atoms. The number of carboxylic acid groups (broad SMARTS) is 1. The Morgan fingerprint density at radius 2 is 2.23 bits per heavy atom. The number of nitrogens with zero attached hydrogens (tertiary/aromatic N) is 3. The summed E-state index contributed by atoms with van der Waals surface area (Å²) < 4.78 is 9.76. The second kappa shape index (κ2) is 9.07. The lowest BCUT2D eigenvalue weighted by molar-refractivity contribution is -0.150. The number of ether oxygens (including phenoxy) is 1. The number of nitrogens with two attached hydrogens (primary N) is 1. The van der Waals surface area contributed by atoms with Crippen LogP contribution in [0.1, 0.15) is 19.5 Å². The third kappa shape index (κ3) is 4.47. The van der Waals surface area contributed by atoms with Crippen LogP contribution in [0.5, 0.6) is 0 Å². The van der Waals surface area contributed by atoms with E-state index in [1.54, 1.807) is 6.92 Å². The summed E-state index contributed by atoms with van der Waals surface area (Å²) in [6, 6.07) is -1.18. The van der Waals surface area contributed by atoms with Crippen molar-refractivity contribution in [1.29, 1.82) is 0 Å². The number of oxazole rings is 1. The highest BCUT2D eigenvalue weighted by molar-refractivity contribution is 8.00. The number of fused-ring (bicyclic) bond motifs is 1. The first kappa shape index (κ1) is 22.1. The molecule has 4 N–H and O–H groups in total. The molecule has 1 fully saturated rings. The van der Waals surface area contributed by atoms with Gasteiger partial charge in [0.15, 0.2) is 5.71 Å². The third-order valence-corrected chi connectivity index (χ3v) is 5.59. The van der Waals surface area contributed by atoms with Gasteiger partial charge in [0, 0.05) is 18.2 Å². The minimum atomic E-state index is -1.33. The Morgan fingerprint density at radius 1 is 1.48 bits per heavy atom. The Bertz CT molecular complexity index is 987. The van der Waals surface area contributed by atoms with Crippen LogP contribution in [-0.2, 0) is 28.8 Å². The first-order valence-corrected chi connectivity index (χ1v) is 10.0. The molecular weight excluding hydrogens is 434 g/mol. The van der Waals surface area contributed by atoms with Gasteiger partial charge in [-0.15, -0.1) is 11.8 Å². The fourth-order valence-corrected chi connectivity index (χ4v) is 4.25. The maximum atomic E-state index is 12.7. The van der Waals surface area contributed by atoms with Crippen molar-refractivity contribution in [3.63, 3.8) is 0 Å². The lowest BCUT2D eigenvalue weighted by Gasteiger charge is -2.49. The second-order valence-electron chi connectivity index (χ2n) is 6.33. The van der Waals surface area contributed by atoms with Crippen LogP contribution in [0.3, 0.4) is 0 Å². The van der Waals surface area contributed by atoms with Gasteiger partial charge in [-0.2, -0.15) is 4.98 Å². The number of anilines is 1. The predicted molar refractivity (Wildman–Crippen MR) is 105 cm³/mol. The van der Waals surface area contributed by atoms with E-state index in [4.69, 9.17) is 19.7 Å². The van der Waals surface area contributed by atoms with E-state index in [9.17, 15) is 24.3 Å². The van der Waals surface area contributed by atoms with Crippen LogP contribution >= 0.6 is 11.8 Å². The van der Waals surface area contributed by atoms with Gasteiger partial charge in [0.2, 0.25) is 0 Å². The normalized spacial score (nSPS) is 20.6. The van der Waals surface area contributed by atoms with Crippen LogP contribution in [0.4, 0.5) is 6.01 Å². The molecule has 1 aromatic heterocycles. The Hall–Kier alpha value is -3.55. The van der Waals surface area contributed by atoms with Crippen LogP contribution < -0.4 is 11.1 Å². The van der Waals surface area contributed by atoms with Gasteiger partial charge in [-0.1, -0.05) is 5.16 Å². The zero-order valence-electron chi connectivity index (χ0n) is 16.5. The van der Waals surface area contributed by atoms with Crippen LogP contribution in [0.2, 0.25) is 0 Å². The average molecular weight is 453 g/mol. The number of carbonyl (C=O) groups is 4.